The van der Waals surface area contributed by atoms with Gasteiger partial charge in [0.05, 0.1) is 5.69 Å². The molecule has 3 rings (SSSR count). The maximum absolute atomic E-state index is 12.4. The molecule has 2 aliphatic rings. The van der Waals surface area contributed by atoms with Crippen molar-refractivity contribution < 1.29 is 0 Å². The molecule has 116 valence electrons. The quantitative estimate of drug-likeness (QED) is 0.794. The van der Waals surface area contributed by atoms with Gasteiger partial charge in [0.25, 0.3) is 5.56 Å². The van der Waals surface area contributed by atoms with E-state index >= 15 is 0 Å². The molecule has 1 saturated carbocycles. The minimum Gasteiger partial charge on any atom is -0.300 e. The summed E-state index contributed by atoms with van der Waals surface area (Å²) in [5, 5.41) is 0. The zero-order valence-corrected chi connectivity index (χ0v) is 13.8. The number of hydrogen-bond donors (Lipinski definition) is 0. The molecule has 1 atom stereocenters. The van der Waals surface area contributed by atoms with E-state index in [0.717, 1.165) is 43.0 Å². The maximum Gasteiger partial charge on any atom is 0.256 e. The molecule has 1 unspecified atom stereocenters. The van der Waals surface area contributed by atoms with Crippen LogP contribution in [0.25, 0.3) is 0 Å². The van der Waals surface area contributed by atoms with Crippen LogP contribution < -0.4 is 5.56 Å². The Hall–Kier alpha value is -1.16. The van der Waals surface area contributed by atoms with Crippen LogP contribution in [-0.2, 0) is 19.9 Å². The van der Waals surface area contributed by atoms with E-state index in [1.165, 1.54) is 19.3 Å². The first-order valence-electron chi connectivity index (χ1n) is 8.17. The Balaban J connectivity index is 1.80. The number of fused-ring (bicyclic) bond motifs is 1. The molecule has 0 saturated heterocycles. The lowest BCUT2D eigenvalue weighted by Crippen LogP contribution is -2.36. The first-order chi connectivity index (χ1) is 9.87. The Labute approximate surface area is 127 Å². The monoisotopic (exact) mass is 289 g/mol. The topological polar surface area (TPSA) is 38.1 Å². The van der Waals surface area contributed by atoms with E-state index in [0.29, 0.717) is 11.5 Å². The number of rotatable bonds is 1. The molecule has 21 heavy (non-hydrogen) atoms. The second kappa shape index (κ2) is 5.24. The van der Waals surface area contributed by atoms with Crippen LogP contribution in [0.1, 0.15) is 50.2 Å². The SMILES string of the molecule is Cc1nc2c(c(=O)n1C)CCN(C1CCC(C)(C)C1)CC2. The molecular weight excluding hydrogens is 262 g/mol. The predicted octanol–water partition coefficient (Wildman–Crippen LogP) is 2.07. The molecule has 0 N–H and O–H groups in total. The van der Waals surface area contributed by atoms with Crippen LogP contribution in [0.3, 0.4) is 0 Å². The van der Waals surface area contributed by atoms with Crippen LogP contribution in [0.4, 0.5) is 0 Å². The number of hydrogen-bond acceptors (Lipinski definition) is 3. The van der Waals surface area contributed by atoms with Crippen LogP contribution in [0.2, 0.25) is 0 Å². The Morgan fingerprint density at radius 2 is 1.95 bits per heavy atom. The van der Waals surface area contributed by atoms with Crippen molar-refractivity contribution in [2.24, 2.45) is 12.5 Å². The highest BCUT2D eigenvalue weighted by molar-refractivity contribution is 5.21. The third kappa shape index (κ3) is 2.78. The van der Waals surface area contributed by atoms with Gasteiger partial charge in [-0.05, 0) is 38.0 Å². The van der Waals surface area contributed by atoms with E-state index in [1.54, 1.807) is 4.57 Å². The molecule has 0 radical (unpaired) electrons. The van der Waals surface area contributed by atoms with Crippen LogP contribution in [-0.4, -0.2) is 33.6 Å². The Morgan fingerprint density at radius 3 is 2.62 bits per heavy atom. The highest BCUT2D eigenvalue weighted by Gasteiger charge is 2.35. The van der Waals surface area contributed by atoms with Crippen molar-refractivity contribution >= 4 is 0 Å². The number of aromatic nitrogens is 2. The van der Waals surface area contributed by atoms with E-state index in [-0.39, 0.29) is 5.56 Å². The largest absolute Gasteiger partial charge is 0.300 e. The lowest BCUT2D eigenvalue weighted by Gasteiger charge is -2.28. The van der Waals surface area contributed by atoms with Crippen LogP contribution in [0, 0.1) is 12.3 Å². The lowest BCUT2D eigenvalue weighted by molar-refractivity contribution is 0.194. The summed E-state index contributed by atoms with van der Waals surface area (Å²) >= 11 is 0. The minimum atomic E-state index is 0.158. The molecule has 1 fully saturated rings. The summed E-state index contributed by atoms with van der Waals surface area (Å²) in [6.07, 6.45) is 5.68. The van der Waals surface area contributed by atoms with Gasteiger partial charge < -0.3 is 0 Å². The average Bonchev–Trinajstić information content (AvgIpc) is 2.66. The summed E-state index contributed by atoms with van der Waals surface area (Å²) in [7, 11) is 1.83. The van der Waals surface area contributed by atoms with Crippen LogP contribution in [0.15, 0.2) is 4.79 Å². The Morgan fingerprint density at radius 1 is 1.24 bits per heavy atom. The Kier molecular flexibility index (Phi) is 3.68. The van der Waals surface area contributed by atoms with E-state index < -0.39 is 0 Å². The molecule has 0 bridgehead atoms. The molecule has 0 amide bonds. The van der Waals surface area contributed by atoms with Gasteiger partial charge in [-0.2, -0.15) is 0 Å². The maximum atomic E-state index is 12.4. The zero-order valence-electron chi connectivity index (χ0n) is 13.8. The van der Waals surface area contributed by atoms with Gasteiger partial charge in [-0.3, -0.25) is 14.3 Å². The van der Waals surface area contributed by atoms with Gasteiger partial charge in [-0.15, -0.1) is 0 Å². The number of nitrogens with zero attached hydrogens (tertiary/aromatic N) is 3. The van der Waals surface area contributed by atoms with Crippen molar-refractivity contribution in [3.63, 3.8) is 0 Å². The van der Waals surface area contributed by atoms with Gasteiger partial charge in [0, 0.05) is 38.2 Å². The van der Waals surface area contributed by atoms with E-state index in [4.69, 9.17) is 0 Å². The molecular formula is C17H27N3O. The summed E-state index contributed by atoms with van der Waals surface area (Å²) < 4.78 is 1.69. The van der Waals surface area contributed by atoms with Gasteiger partial charge in [0.1, 0.15) is 5.82 Å². The van der Waals surface area contributed by atoms with Gasteiger partial charge in [-0.1, -0.05) is 13.8 Å². The predicted molar refractivity (Wildman–Crippen MR) is 84.6 cm³/mol. The van der Waals surface area contributed by atoms with Crippen LogP contribution in [0.5, 0.6) is 0 Å². The summed E-state index contributed by atoms with van der Waals surface area (Å²) in [4.78, 5) is 19.7. The zero-order chi connectivity index (χ0) is 15.2. The normalized spacial score (nSPS) is 25.6. The fourth-order valence-corrected chi connectivity index (χ4v) is 3.96. The van der Waals surface area contributed by atoms with Crippen molar-refractivity contribution in [2.45, 2.75) is 58.9 Å². The second-order valence-electron chi connectivity index (χ2n) is 7.55. The van der Waals surface area contributed by atoms with Crippen molar-refractivity contribution in [3.8, 4) is 0 Å². The second-order valence-corrected chi connectivity index (χ2v) is 7.55. The third-order valence-electron chi connectivity index (χ3n) is 5.44. The molecule has 1 aliphatic heterocycles. The summed E-state index contributed by atoms with van der Waals surface area (Å²) in [5.41, 5.74) is 2.62. The average molecular weight is 289 g/mol. The van der Waals surface area contributed by atoms with Crippen molar-refractivity contribution in [3.05, 3.63) is 27.4 Å². The van der Waals surface area contributed by atoms with Crippen molar-refractivity contribution in [1.82, 2.24) is 14.5 Å². The Bertz CT molecular complexity index is 603. The van der Waals surface area contributed by atoms with Gasteiger partial charge in [-0.25, -0.2) is 4.98 Å². The van der Waals surface area contributed by atoms with Crippen molar-refractivity contribution in [2.75, 3.05) is 13.1 Å². The highest BCUT2D eigenvalue weighted by Crippen LogP contribution is 2.39. The summed E-state index contributed by atoms with van der Waals surface area (Å²) in [5.74, 6) is 0.828. The van der Waals surface area contributed by atoms with Gasteiger partial charge >= 0.3 is 0 Å². The highest BCUT2D eigenvalue weighted by atomic mass is 16.1. The smallest absolute Gasteiger partial charge is 0.256 e. The van der Waals surface area contributed by atoms with Crippen molar-refractivity contribution in [1.29, 1.82) is 0 Å². The minimum absolute atomic E-state index is 0.158. The van der Waals surface area contributed by atoms with Gasteiger partial charge in [0.15, 0.2) is 0 Å². The van der Waals surface area contributed by atoms with E-state index in [2.05, 4.69) is 23.7 Å². The molecule has 1 aromatic heterocycles. The summed E-state index contributed by atoms with van der Waals surface area (Å²) in [6.45, 7) is 8.73. The first-order valence-corrected chi connectivity index (χ1v) is 8.17. The van der Waals surface area contributed by atoms with Gasteiger partial charge in [0.2, 0.25) is 0 Å². The molecule has 4 heteroatoms. The fraction of sp³-hybridized carbons (Fsp3) is 0.765. The van der Waals surface area contributed by atoms with Crippen LogP contribution >= 0.6 is 0 Å². The summed E-state index contributed by atoms with van der Waals surface area (Å²) in [6, 6.07) is 0.694. The van der Waals surface area contributed by atoms with E-state index in [1.807, 2.05) is 14.0 Å². The standard InChI is InChI=1S/C17H27N3O/c1-12-18-15-7-10-20(13-5-8-17(2,3)11-13)9-6-14(15)16(21)19(12)4/h13H,5-11H2,1-4H3. The molecule has 4 nitrogen and oxygen atoms in total. The third-order valence-corrected chi connectivity index (χ3v) is 5.44. The van der Waals surface area contributed by atoms with E-state index in [9.17, 15) is 4.79 Å². The molecule has 1 aliphatic carbocycles. The lowest BCUT2D eigenvalue weighted by atomic mass is 9.91. The molecule has 1 aromatic rings. The molecule has 2 heterocycles. The fourth-order valence-electron chi connectivity index (χ4n) is 3.96. The molecule has 0 aromatic carbocycles. The first kappa shape index (κ1) is 14.8. The molecule has 0 spiro atoms. The number of aryl methyl sites for hydroxylation is 1.